The van der Waals surface area contributed by atoms with E-state index in [9.17, 15) is 27.5 Å². The molecule has 1 fully saturated rings. The fourth-order valence-electron chi connectivity index (χ4n) is 4.30. The molecule has 0 saturated heterocycles. The Hall–Kier alpha value is -2.54. The minimum atomic E-state index is -4.77. The van der Waals surface area contributed by atoms with Crippen LogP contribution in [-0.4, -0.2) is 39.1 Å². The molecule has 3 aromatic rings. The van der Waals surface area contributed by atoms with Crippen molar-refractivity contribution >= 4 is 28.6 Å². The van der Waals surface area contributed by atoms with Crippen molar-refractivity contribution in [1.82, 2.24) is 15.5 Å². The Morgan fingerprint density at radius 2 is 1.64 bits per heavy atom. The third-order valence-electron chi connectivity index (χ3n) is 6.28. The van der Waals surface area contributed by atoms with Crippen LogP contribution in [0.2, 0.25) is 0 Å². The first-order chi connectivity index (χ1) is 16.8. The van der Waals surface area contributed by atoms with Gasteiger partial charge >= 0.3 is 12.1 Å². The smallest absolute Gasteiger partial charge is 0.407 e. The fraction of sp³-hybridized carbons (Fsp3) is 0.400. The summed E-state index contributed by atoms with van der Waals surface area (Å²) in [5.74, 6) is -0.902. The Labute approximate surface area is 218 Å². The van der Waals surface area contributed by atoms with Crippen molar-refractivity contribution in [3.63, 3.8) is 0 Å². The molecule has 1 aliphatic carbocycles. The van der Waals surface area contributed by atoms with Crippen molar-refractivity contribution in [2.45, 2.75) is 62.5 Å². The molecule has 0 radical (unpaired) electrons. The van der Waals surface area contributed by atoms with Gasteiger partial charge in [-0.3, -0.25) is 10.1 Å². The highest BCUT2D eigenvalue weighted by atomic mass is 127. The molecule has 0 bridgehead atoms. The summed E-state index contributed by atoms with van der Waals surface area (Å²) in [6.45, 7) is 2.25. The second-order valence-electron chi connectivity index (χ2n) is 9.61. The van der Waals surface area contributed by atoms with Gasteiger partial charge in [0.25, 0.3) is 3.90 Å². The van der Waals surface area contributed by atoms with E-state index in [2.05, 4.69) is 15.5 Å². The Bertz CT molecular complexity index is 1220. The number of hydrogen-bond donors (Lipinski definition) is 2. The molecule has 2 atom stereocenters. The zero-order valence-corrected chi connectivity index (χ0v) is 21.6. The standard InChI is InChI=1S/C25H24F4IN3O3/c1-23(2,26)13-18(20(34)35)31-19(25(27,28)29)16-5-3-14(4-6-16)15-7-9-17(10-8-15)24(11-12-24)21-32-22(30)36-33-21/h3-10,18-19,31H,11-13H2,1-2H3,(H,34,35)/t18?,19-/m0/s1. The first-order valence-corrected chi connectivity index (χ1v) is 12.3. The molecule has 0 amide bonds. The molecule has 2 aromatic carbocycles. The number of rotatable bonds is 9. The van der Waals surface area contributed by atoms with Gasteiger partial charge in [-0.2, -0.15) is 18.2 Å². The van der Waals surface area contributed by atoms with Crippen LogP contribution < -0.4 is 5.32 Å². The predicted octanol–water partition coefficient (Wildman–Crippen LogP) is 6.21. The number of alkyl halides is 4. The predicted molar refractivity (Wildman–Crippen MR) is 132 cm³/mol. The molecule has 1 unspecified atom stereocenters. The average Bonchev–Trinajstić information content (AvgIpc) is 3.49. The molecular weight excluding hydrogens is 593 g/mol. The van der Waals surface area contributed by atoms with Crippen molar-refractivity contribution in [1.29, 1.82) is 0 Å². The van der Waals surface area contributed by atoms with Gasteiger partial charge in [0.05, 0.1) is 5.41 Å². The zero-order valence-electron chi connectivity index (χ0n) is 19.4. The van der Waals surface area contributed by atoms with E-state index >= 15 is 0 Å². The molecule has 0 spiro atoms. The van der Waals surface area contributed by atoms with Crippen LogP contribution in [0, 0.1) is 3.90 Å². The van der Waals surface area contributed by atoms with Crippen molar-refractivity contribution < 1.29 is 32.0 Å². The highest BCUT2D eigenvalue weighted by molar-refractivity contribution is 14.1. The van der Waals surface area contributed by atoms with Crippen LogP contribution in [0.25, 0.3) is 11.1 Å². The number of carboxylic acid groups (broad SMARTS) is 1. The van der Waals surface area contributed by atoms with Gasteiger partial charge in [-0.15, -0.1) is 0 Å². The van der Waals surface area contributed by atoms with Gasteiger partial charge in [-0.05, 0) is 48.9 Å². The Morgan fingerprint density at radius 3 is 2.06 bits per heavy atom. The molecule has 36 heavy (non-hydrogen) atoms. The summed E-state index contributed by atoms with van der Waals surface area (Å²) in [5.41, 5.74) is 0.165. The van der Waals surface area contributed by atoms with E-state index in [1.807, 2.05) is 46.9 Å². The number of hydrogen-bond acceptors (Lipinski definition) is 5. The second-order valence-corrected chi connectivity index (χ2v) is 10.5. The van der Waals surface area contributed by atoms with Gasteiger partial charge in [0, 0.05) is 29.0 Å². The fourth-order valence-corrected chi connectivity index (χ4v) is 4.63. The monoisotopic (exact) mass is 617 g/mol. The van der Waals surface area contributed by atoms with Crippen LogP contribution in [0.3, 0.4) is 0 Å². The second kappa shape index (κ2) is 9.73. The zero-order chi connectivity index (χ0) is 26.3. The quantitative estimate of drug-likeness (QED) is 0.220. The van der Waals surface area contributed by atoms with Crippen molar-refractivity contribution in [3.8, 4) is 11.1 Å². The van der Waals surface area contributed by atoms with Gasteiger partial charge in [0.1, 0.15) is 17.8 Å². The van der Waals surface area contributed by atoms with E-state index in [0.29, 0.717) is 15.3 Å². The molecule has 6 nitrogen and oxygen atoms in total. The van der Waals surface area contributed by atoms with Crippen molar-refractivity contribution in [2.24, 2.45) is 0 Å². The SMILES string of the molecule is CC(C)(F)CC(N[C@@H](c1ccc(-c2ccc(C3(c4noc(I)n4)CC3)cc2)cc1)C(F)(F)F)C(=O)O. The number of benzene rings is 2. The Kier molecular flexibility index (Phi) is 7.17. The summed E-state index contributed by atoms with van der Waals surface area (Å²) in [7, 11) is 0. The van der Waals surface area contributed by atoms with Gasteiger partial charge in [0.15, 0.2) is 5.82 Å². The number of carboxylic acids is 1. The third-order valence-corrected chi connectivity index (χ3v) is 6.72. The molecule has 0 aliphatic heterocycles. The highest BCUT2D eigenvalue weighted by Gasteiger charge is 2.50. The molecular formula is C25H24F4IN3O3. The highest BCUT2D eigenvalue weighted by Crippen LogP contribution is 2.52. The number of carbonyl (C=O) groups is 1. The average molecular weight is 617 g/mol. The lowest BCUT2D eigenvalue weighted by Crippen LogP contribution is -2.47. The molecule has 1 aromatic heterocycles. The molecule has 1 heterocycles. The van der Waals surface area contributed by atoms with E-state index in [-0.39, 0.29) is 11.0 Å². The number of aliphatic carboxylic acids is 1. The number of halogens is 5. The maximum Gasteiger partial charge on any atom is 0.407 e. The number of nitrogens with zero attached hydrogens (tertiary/aromatic N) is 2. The first kappa shape index (κ1) is 26.5. The molecule has 2 N–H and O–H groups in total. The van der Waals surface area contributed by atoms with Crippen LogP contribution in [0.5, 0.6) is 0 Å². The summed E-state index contributed by atoms with van der Waals surface area (Å²) < 4.78 is 61.0. The number of nitrogens with one attached hydrogen (secondary N) is 1. The van der Waals surface area contributed by atoms with E-state index < -0.39 is 36.3 Å². The summed E-state index contributed by atoms with van der Waals surface area (Å²) in [5, 5.41) is 15.5. The van der Waals surface area contributed by atoms with E-state index in [4.69, 9.17) is 4.52 Å². The van der Waals surface area contributed by atoms with Crippen LogP contribution in [0.15, 0.2) is 53.1 Å². The Morgan fingerprint density at radius 1 is 1.08 bits per heavy atom. The molecule has 11 heteroatoms. The minimum Gasteiger partial charge on any atom is -0.480 e. The molecule has 192 valence electrons. The molecule has 4 rings (SSSR count). The third kappa shape index (κ3) is 5.88. The van der Waals surface area contributed by atoms with Crippen molar-refractivity contribution in [3.05, 3.63) is 69.4 Å². The molecule has 1 saturated carbocycles. The van der Waals surface area contributed by atoms with Gasteiger partial charge in [-0.1, -0.05) is 53.7 Å². The van der Waals surface area contributed by atoms with Crippen LogP contribution in [0.4, 0.5) is 17.6 Å². The van der Waals surface area contributed by atoms with E-state index in [1.165, 1.54) is 12.1 Å². The largest absolute Gasteiger partial charge is 0.480 e. The van der Waals surface area contributed by atoms with Crippen LogP contribution in [-0.2, 0) is 10.2 Å². The summed E-state index contributed by atoms with van der Waals surface area (Å²) in [6, 6.07) is 9.42. The van der Waals surface area contributed by atoms with E-state index in [0.717, 1.165) is 37.8 Å². The summed E-state index contributed by atoms with van der Waals surface area (Å²) in [4.78, 5) is 15.8. The maximum atomic E-state index is 14.0. The van der Waals surface area contributed by atoms with Gasteiger partial charge in [0.2, 0.25) is 0 Å². The van der Waals surface area contributed by atoms with Gasteiger partial charge in [-0.25, -0.2) is 4.39 Å². The van der Waals surface area contributed by atoms with Crippen LogP contribution in [0.1, 0.15) is 56.1 Å². The summed E-state index contributed by atoms with van der Waals surface area (Å²) >= 11 is 1.97. The normalized spacial score (nSPS) is 17.0. The lowest BCUT2D eigenvalue weighted by molar-refractivity contribution is -0.164. The molecule has 1 aliphatic rings. The Balaban J connectivity index is 1.54. The van der Waals surface area contributed by atoms with Crippen LogP contribution >= 0.6 is 22.6 Å². The lowest BCUT2D eigenvalue weighted by atomic mass is 9.92. The minimum absolute atomic E-state index is 0.158. The summed E-state index contributed by atoms with van der Waals surface area (Å²) in [6.07, 6.45) is -3.58. The maximum absolute atomic E-state index is 14.0. The van der Waals surface area contributed by atoms with E-state index in [1.54, 1.807) is 12.1 Å². The van der Waals surface area contributed by atoms with Gasteiger partial charge < -0.3 is 9.63 Å². The lowest BCUT2D eigenvalue weighted by Gasteiger charge is -2.28. The van der Waals surface area contributed by atoms with Crippen molar-refractivity contribution in [2.75, 3.05) is 0 Å². The first-order valence-electron chi connectivity index (χ1n) is 11.2. The topological polar surface area (TPSA) is 88.3 Å². The number of aromatic nitrogens is 2.